The van der Waals surface area contributed by atoms with Crippen LogP contribution in [0.4, 0.5) is 5.82 Å². The zero-order valence-corrected chi connectivity index (χ0v) is 12.9. The highest BCUT2D eigenvalue weighted by molar-refractivity contribution is 5.95. The molecule has 2 rings (SSSR count). The topological polar surface area (TPSA) is 45.2 Å². The van der Waals surface area contributed by atoms with E-state index in [9.17, 15) is 4.79 Å². The van der Waals surface area contributed by atoms with Crippen molar-refractivity contribution in [3.63, 3.8) is 0 Å². The first-order chi connectivity index (χ1) is 9.60. The van der Waals surface area contributed by atoms with Crippen molar-refractivity contribution in [1.29, 1.82) is 0 Å². The Morgan fingerprint density at radius 3 is 2.75 bits per heavy atom. The Bertz CT molecular complexity index is 464. The largest absolute Gasteiger partial charge is 0.373 e. The molecule has 0 aliphatic carbocycles. The van der Waals surface area contributed by atoms with Crippen LogP contribution >= 0.6 is 0 Å². The van der Waals surface area contributed by atoms with E-state index in [-0.39, 0.29) is 5.91 Å². The van der Waals surface area contributed by atoms with Crippen molar-refractivity contribution in [1.82, 2.24) is 9.88 Å². The number of aryl methyl sites for hydroxylation is 1. The molecule has 2 atom stereocenters. The number of hydrogen-bond acceptors (Lipinski definition) is 3. The standard InChI is InChI=1S/C16H25N3O/c1-5-13-9-12(10-15(17-4)18-13)16(20)19-11(3)7-8-14(19)6-2/h9-11,14H,5-8H2,1-4H3,(H,17,18). The second-order valence-corrected chi connectivity index (χ2v) is 5.54. The van der Waals surface area contributed by atoms with Gasteiger partial charge < -0.3 is 10.2 Å². The summed E-state index contributed by atoms with van der Waals surface area (Å²) in [5, 5.41) is 3.04. The van der Waals surface area contributed by atoms with Gasteiger partial charge in [0, 0.05) is 30.4 Å². The molecule has 0 spiro atoms. The fraction of sp³-hybridized carbons (Fsp3) is 0.625. The molecule has 4 heteroatoms. The van der Waals surface area contributed by atoms with Gasteiger partial charge in [0.15, 0.2) is 0 Å². The lowest BCUT2D eigenvalue weighted by Crippen LogP contribution is -2.39. The maximum atomic E-state index is 12.8. The molecule has 0 radical (unpaired) electrons. The van der Waals surface area contributed by atoms with Gasteiger partial charge in [0.2, 0.25) is 0 Å². The first kappa shape index (κ1) is 14.8. The van der Waals surface area contributed by atoms with Crippen LogP contribution < -0.4 is 5.32 Å². The monoisotopic (exact) mass is 275 g/mol. The number of amides is 1. The molecule has 110 valence electrons. The first-order valence-corrected chi connectivity index (χ1v) is 7.62. The van der Waals surface area contributed by atoms with Crippen LogP contribution in [0.15, 0.2) is 12.1 Å². The average molecular weight is 275 g/mol. The second kappa shape index (κ2) is 6.25. The number of nitrogens with one attached hydrogen (secondary N) is 1. The molecule has 1 aliphatic rings. The van der Waals surface area contributed by atoms with Crippen molar-refractivity contribution in [2.45, 2.75) is 58.5 Å². The minimum Gasteiger partial charge on any atom is -0.373 e. The molecule has 1 aromatic heterocycles. The molecule has 1 N–H and O–H groups in total. The van der Waals surface area contributed by atoms with E-state index in [0.717, 1.165) is 42.8 Å². The highest BCUT2D eigenvalue weighted by Gasteiger charge is 2.33. The highest BCUT2D eigenvalue weighted by atomic mass is 16.2. The molecule has 1 saturated heterocycles. The zero-order chi connectivity index (χ0) is 14.7. The Hall–Kier alpha value is -1.58. The van der Waals surface area contributed by atoms with Gasteiger partial charge in [-0.3, -0.25) is 4.79 Å². The smallest absolute Gasteiger partial charge is 0.254 e. The highest BCUT2D eigenvalue weighted by Crippen LogP contribution is 2.28. The number of anilines is 1. The molecule has 2 unspecified atom stereocenters. The van der Waals surface area contributed by atoms with Gasteiger partial charge in [0.1, 0.15) is 5.82 Å². The average Bonchev–Trinajstić information content (AvgIpc) is 2.86. The SMILES string of the molecule is CCc1cc(C(=O)N2C(C)CCC2CC)cc(NC)n1. The van der Waals surface area contributed by atoms with E-state index >= 15 is 0 Å². The number of carbonyl (C=O) groups is 1. The third-order valence-electron chi connectivity index (χ3n) is 4.24. The van der Waals surface area contributed by atoms with Crippen LogP contribution in [0.3, 0.4) is 0 Å². The fourth-order valence-corrected chi connectivity index (χ4v) is 3.01. The van der Waals surface area contributed by atoms with E-state index in [2.05, 4.69) is 36.0 Å². The second-order valence-electron chi connectivity index (χ2n) is 5.54. The summed E-state index contributed by atoms with van der Waals surface area (Å²) in [6.45, 7) is 6.36. The van der Waals surface area contributed by atoms with Crippen LogP contribution in [-0.4, -0.2) is 34.9 Å². The van der Waals surface area contributed by atoms with E-state index in [4.69, 9.17) is 0 Å². The lowest BCUT2D eigenvalue weighted by Gasteiger charge is -2.28. The fourth-order valence-electron chi connectivity index (χ4n) is 3.01. The Morgan fingerprint density at radius 2 is 2.15 bits per heavy atom. The molecule has 2 heterocycles. The molecule has 0 aromatic carbocycles. The van der Waals surface area contributed by atoms with Gasteiger partial charge in [-0.25, -0.2) is 4.98 Å². The van der Waals surface area contributed by atoms with Gasteiger partial charge in [-0.05, 0) is 44.7 Å². The predicted octanol–water partition coefficient (Wildman–Crippen LogP) is 3.09. The van der Waals surface area contributed by atoms with Crippen molar-refractivity contribution in [3.05, 3.63) is 23.4 Å². The van der Waals surface area contributed by atoms with Crippen LogP contribution in [0.2, 0.25) is 0 Å². The summed E-state index contributed by atoms with van der Waals surface area (Å²) < 4.78 is 0. The summed E-state index contributed by atoms with van der Waals surface area (Å²) in [6, 6.07) is 4.51. The van der Waals surface area contributed by atoms with E-state index in [1.54, 1.807) is 0 Å². The van der Waals surface area contributed by atoms with Gasteiger partial charge in [-0.15, -0.1) is 0 Å². The molecule has 4 nitrogen and oxygen atoms in total. The van der Waals surface area contributed by atoms with Crippen molar-refractivity contribution >= 4 is 11.7 Å². The minimum absolute atomic E-state index is 0.149. The third kappa shape index (κ3) is 2.79. The first-order valence-electron chi connectivity index (χ1n) is 7.62. The summed E-state index contributed by atoms with van der Waals surface area (Å²) in [6.07, 6.45) is 4.09. The predicted molar refractivity (Wildman–Crippen MR) is 82.1 cm³/mol. The molecule has 0 bridgehead atoms. The number of hydrogen-bond donors (Lipinski definition) is 1. The van der Waals surface area contributed by atoms with Gasteiger partial charge in [0.05, 0.1) is 0 Å². The lowest BCUT2D eigenvalue weighted by molar-refractivity contribution is 0.0676. The zero-order valence-electron chi connectivity index (χ0n) is 12.9. The van der Waals surface area contributed by atoms with Crippen molar-refractivity contribution in [2.75, 3.05) is 12.4 Å². The summed E-state index contributed by atoms with van der Waals surface area (Å²) in [5.41, 5.74) is 1.72. The van der Waals surface area contributed by atoms with Crippen molar-refractivity contribution < 1.29 is 4.79 Å². The normalized spacial score (nSPS) is 22.1. The van der Waals surface area contributed by atoms with E-state index < -0.39 is 0 Å². The number of carbonyl (C=O) groups excluding carboxylic acids is 1. The van der Waals surface area contributed by atoms with Crippen LogP contribution in [0.5, 0.6) is 0 Å². The number of aromatic nitrogens is 1. The Labute approximate surface area is 121 Å². The van der Waals surface area contributed by atoms with Gasteiger partial charge in [-0.1, -0.05) is 13.8 Å². The van der Waals surface area contributed by atoms with Gasteiger partial charge >= 0.3 is 0 Å². The van der Waals surface area contributed by atoms with Crippen LogP contribution in [0, 0.1) is 0 Å². The number of nitrogens with zero attached hydrogens (tertiary/aromatic N) is 2. The number of rotatable bonds is 4. The molecular formula is C16H25N3O. The maximum Gasteiger partial charge on any atom is 0.254 e. The summed E-state index contributed by atoms with van der Waals surface area (Å²) in [4.78, 5) is 19.4. The van der Waals surface area contributed by atoms with Crippen LogP contribution in [0.1, 0.15) is 56.1 Å². The maximum absolute atomic E-state index is 12.8. The molecule has 1 aliphatic heterocycles. The third-order valence-corrected chi connectivity index (χ3v) is 4.24. The molecule has 0 saturated carbocycles. The van der Waals surface area contributed by atoms with Gasteiger partial charge in [-0.2, -0.15) is 0 Å². The van der Waals surface area contributed by atoms with Crippen LogP contribution in [0.25, 0.3) is 0 Å². The summed E-state index contributed by atoms with van der Waals surface area (Å²) in [7, 11) is 1.84. The van der Waals surface area contributed by atoms with E-state index in [1.807, 2.05) is 19.2 Å². The Kier molecular flexibility index (Phi) is 4.63. The minimum atomic E-state index is 0.149. The van der Waals surface area contributed by atoms with E-state index in [0.29, 0.717) is 12.1 Å². The molecule has 20 heavy (non-hydrogen) atoms. The lowest BCUT2D eigenvalue weighted by atomic mass is 10.1. The Morgan fingerprint density at radius 1 is 1.40 bits per heavy atom. The van der Waals surface area contributed by atoms with Gasteiger partial charge in [0.25, 0.3) is 5.91 Å². The number of likely N-dealkylation sites (tertiary alicyclic amines) is 1. The van der Waals surface area contributed by atoms with E-state index in [1.165, 1.54) is 0 Å². The Balaban J connectivity index is 2.32. The van der Waals surface area contributed by atoms with Crippen molar-refractivity contribution in [3.8, 4) is 0 Å². The quantitative estimate of drug-likeness (QED) is 0.918. The molecule has 1 fully saturated rings. The molecular weight excluding hydrogens is 250 g/mol. The number of pyridine rings is 1. The summed E-state index contributed by atoms with van der Waals surface area (Å²) >= 11 is 0. The summed E-state index contributed by atoms with van der Waals surface area (Å²) in [5.74, 6) is 0.919. The van der Waals surface area contributed by atoms with Crippen LogP contribution in [-0.2, 0) is 6.42 Å². The molecule has 1 aromatic rings. The van der Waals surface area contributed by atoms with Crippen molar-refractivity contribution in [2.24, 2.45) is 0 Å². The molecule has 1 amide bonds.